The van der Waals surface area contributed by atoms with Gasteiger partial charge in [-0.3, -0.25) is 9.80 Å². The Morgan fingerprint density at radius 3 is 2.47 bits per heavy atom. The Labute approximate surface area is 99.1 Å². The summed E-state index contributed by atoms with van der Waals surface area (Å²) in [7, 11) is 0. The van der Waals surface area contributed by atoms with Gasteiger partial charge in [-0.2, -0.15) is 0 Å². The quantitative estimate of drug-likeness (QED) is 0.679. The third-order valence-corrected chi connectivity index (χ3v) is 3.56. The summed E-state index contributed by atoms with van der Waals surface area (Å²) in [6.07, 6.45) is 3.10. The van der Waals surface area contributed by atoms with Crippen molar-refractivity contribution < 1.29 is 19.8 Å². The highest BCUT2D eigenvalue weighted by Gasteiger charge is 2.48. The number of hydrogen-bond acceptors (Lipinski definition) is 2. The molecule has 0 spiro atoms. The highest BCUT2D eigenvalue weighted by Crippen LogP contribution is 2.34. The van der Waals surface area contributed by atoms with Crippen LogP contribution in [0.3, 0.4) is 0 Å². The van der Waals surface area contributed by atoms with E-state index >= 15 is 0 Å². The number of carboxylic acid groups (broad SMARTS) is 2. The van der Waals surface area contributed by atoms with E-state index < -0.39 is 12.2 Å². The lowest BCUT2D eigenvalue weighted by Crippen LogP contribution is -2.61. The molecule has 0 unspecified atom stereocenters. The third kappa shape index (κ3) is 1.83. The van der Waals surface area contributed by atoms with E-state index in [0.717, 1.165) is 12.8 Å². The Balaban J connectivity index is 2.30. The van der Waals surface area contributed by atoms with Crippen molar-refractivity contribution in [2.24, 2.45) is 0 Å². The fourth-order valence-electron chi connectivity index (χ4n) is 2.92. The zero-order chi connectivity index (χ0) is 12.6. The lowest BCUT2D eigenvalue weighted by Gasteiger charge is -2.43. The van der Waals surface area contributed by atoms with Crippen molar-refractivity contribution in [2.45, 2.75) is 37.9 Å². The normalized spacial score (nSPS) is 32.2. The van der Waals surface area contributed by atoms with E-state index in [0.29, 0.717) is 0 Å². The van der Waals surface area contributed by atoms with E-state index in [9.17, 15) is 9.59 Å². The van der Waals surface area contributed by atoms with Gasteiger partial charge in [0.15, 0.2) is 0 Å². The molecule has 3 atom stereocenters. The van der Waals surface area contributed by atoms with Crippen LogP contribution in [0.2, 0.25) is 0 Å². The van der Waals surface area contributed by atoms with Gasteiger partial charge in [0.05, 0.1) is 18.1 Å². The minimum absolute atomic E-state index is 0.185. The average molecular weight is 240 g/mol. The number of carbonyl (C=O) groups is 2. The van der Waals surface area contributed by atoms with Crippen molar-refractivity contribution in [3.63, 3.8) is 0 Å². The van der Waals surface area contributed by atoms with E-state index in [1.807, 2.05) is 6.92 Å². The number of hydrogen-bond donors (Lipinski definition) is 2. The zero-order valence-corrected chi connectivity index (χ0v) is 9.61. The minimum atomic E-state index is -0.977. The van der Waals surface area contributed by atoms with Crippen LogP contribution in [0, 0.1) is 0 Å². The topological polar surface area (TPSA) is 81.1 Å². The van der Waals surface area contributed by atoms with Gasteiger partial charge >= 0.3 is 12.2 Å². The Bertz CT molecular complexity index is 368. The summed E-state index contributed by atoms with van der Waals surface area (Å²) in [6, 6.07) is -0.777. The van der Waals surface area contributed by atoms with Crippen LogP contribution >= 0.6 is 0 Å². The van der Waals surface area contributed by atoms with Crippen LogP contribution in [-0.4, -0.2) is 56.9 Å². The smallest absolute Gasteiger partial charge is 0.407 e. The number of likely N-dealkylation sites (tertiary alicyclic amines) is 1. The second-order valence-corrected chi connectivity index (χ2v) is 4.44. The zero-order valence-electron chi connectivity index (χ0n) is 9.61. The maximum Gasteiger partial charge on any atom is 0.407 e. The molecule has 2 bridgehead atoms. The average Bonchev–Trinajstić information content (AvgIpc) is 2.58. The Hall–Kier alpha value is -1.72. The van der Waals surface area contributed by atoms with Crippen molar-refractivity contribution >= 4 is 12.2 Å². The van der Waals surface area contributed by atoms with Gasteiger partial charge in [-0.1, -0.05) is 12.2 Å². The van der Waals surface area contributed by atoms with Gasteiger partial charge in [0, 0.05) is 6.54 Å². The molecule has 2 aliphatic heterocycles. The molecular weight excluding hydrogens is 224 g/mol. The Morgan fingerprint density at radius 2 is 1.94 bits per heavy atom. The molecule has 2 fully saturated rings. The summed E-state index contributed by atoms with van der Waals surface area (Å²) in [5.41, 5.74) is 0. The van der Waals surface area contributed by atoms with E-state index in [1.54, 1.807) is 12.2 Å². The van der Waals surface area contributed by atoms with Crippen molar-refractivity contribution in [1.29, 1.82) is 0 Å². The minimum Gasteiger partial charge on any atom is -0.465 e. The summed E-state index contributed by atoms with van der Waals surface area (Å²) >= 11 is 0. The van der Waals surface area contributed by atoms with E-state index in [2.05, 4.69) is 0 Å². The molecular formula is C11H16N2O4. The van der Waals surface area contributed by atoms with Crippen LogP contribution < -0.4 is 0 Å². The van der Waals surface area contributed by atoms with E-state index in [4.69, 9.17) is 10.2 Å². The molecule has 2 N–H and O–H groups in total. The molecule has 6 heteroatoms. The van der Waals surface area contributed by atoms with Crippen molar-refractivity contribution in [3.8, 4) is 0 Å². The van der Waals surface area contributed by atoms with E-state index in [-0.39, 0.29) is 24.7 Å². The van der Waals surface area contributed by atoms with Gasteiger partial charge in [0.1, 0.15) is 0 Å². The molecule has 94 valence electrons. The summed E-state index contributed by atoms with van der Waals surface area (Å²) in [5, 5.41) is 18.3. The first-order valence-corrected chi connectivity index (χ1v) is 5.70. The van der Waals surface area contributed by atoms with E-state index in [1.165, 1.54) is 9.80 Å². The number of piperazine rings is 1. The molecule has 0 radical (unpaired) electrons. The summed E-state index contributed by atoms with van der Waals surface area (Å²) in [4.78, 5) is 25.1. The fraction of sp³-hybridized carbons (Fsp3) is 0.636. The van der Waals surface area contributed by atoms with Gasteiger partial charge in [-0.15, -0.1) is 0 Å². The first kappa shape index (κ1) is 11.8. The predicted molar refractivity (Wildman–Crippen MR) is 60.0 cm³/mol. The van der Waals surface area contributed by atoms with Crippen LogP contribution in [-0.2, 0) is 0 Å². The van der Waals surface area contributed by atoms with Crippen LogP contribution in [0.25, 0.3) is 0 Å². The second kappa shape index (κ2) is 4.27. The number of amides is 2. The standard InChI is InChI=1S/C11H16N2O4/c1-2-3-8-9-5-4-7(13(9)11(16)17)6-12(8)10(14)15/h2-3,7-9H,4-6H2,1H3,(H,14,15)(H,16,17)/b3-2-/t7-,8-,9+/m1/s1. The largest absolute Gasteiger partial charge is 0.465 e. The molecule has 2 aliphatic rings. The highest BCUT2D eigenvalue weighted by molar-refractivity contribution is 5.70. The Morgan fingerprint density at radius 1 is 1.24 bits per heavy atom. The summed E-state index contributed by atoms with van der Waals surface area (Å²) in [6.45, 7) is 2.08. The summed E-state index contributed by atoms with van der Waals surface area (Å²) < 4.78 is 0. The van der Waals surface area contributed by atoms with Gasteiger partial charge in [-0.05, 0) is 19.8 Å². The molecule has 0 saturated carbocycles. The van der Waals surface area contributed by atoms with Gasteiger partial charge < -0.3 is 10.2 Å². The monoisotopic (exact) mass is 240 g/mol. The fourth-order valence-corrected chi connectivity index (χ4v) is 2.92. The maximum atomic E-state index is 11.2. The molecule has 2 rings (SSSR count). The molecule has 6 nitrogen and oxygen atoms in total. The molecule has 2 saturated heterocycles. The third-order valence-electron chi connectivity index (χ3n) is 3.56. The SMILES string of the molecule is C/C=C\[C@@H]1[C@@H]2CC[C@H](CN1C(=O)O)N2C(=O)O. The molecule has 0 aromatic rings. The highest BCUT2D eigenvalue weighted by atomic mass is 16.4. The van der Waals surface area contributed by atoms with Crippen LogP contribution in [0.5, 0.6) is 0 Å². The van der Waals surface area contributed by atoms with Crippen molar-refractivity contribution in [1.82, 2.24) is 9.80 Å². The molecule has 2 heterocycles. The van der Waals surface area contributed by atoms with Crippen molar-refractivity contribution in [3.05, 3.63) is 12.2 Å². The lowest BCUT2D eigenvalue weighted by molar-refractivity contribution is 0.0390. The molecule has 0 aliphatic carbocycles. The maximum absolute atomic E-state index is 11.2. The lowest BCUT2D eigenvalue weighted by atomic mass is 10.0. The molecule has 17 heavy (non-hydrogen) atoms. The van der Waals surface area contributed by atoms with Crippen LogP contribution in [0.1, 0.15) is 19.8 Å². The summed E-state index contributed by atoms with van der Waals surface area (Å²) in [5.74, 6) is 0. The van der Waals surface area contributed by atoms with Crippen LogP contribution in [0.15, 0.2) is 12.2 Å². The first-order chi connectivity index (χ1) is 8.06. The Kier molecular flexibility index (Phi) is 2.95. The predicted octanol–water partition coefficient (Wildman–Crippen LogP) is 1.44. The molecule has 2 amide bonds. The molecule has 0 aromatic carbocycles. The van der Waals surface area contributed by atoms with Gasteiger partial charge in [0.25, 0.3) is 0 Å². The number of allylic oxidation sites excluding steroid dienone is 1. The van der Waals surface area contributed by atoms with Crippen molar-refractivity contribution in [2.75, 3.05) is 6.54 Å². The van der Waals surface area contributed by atoms with Crippen LogP contribution in [0.4, 0.5) is 9.59 Å². The number of fused-ring (bicyclic) bond motifs is 2. The number of rotatable bonds is 1. The van der Waals surface area contributed by atoms with Gasteiger partial charge in [-0.25, -0.2) is 9.59 Å². The first-order valence-electron chi connectivity index (χ1n) is 5.70. The molecule has 0 aromatic heterocycles. The second-order valence-electron chi connectivity index (χ2n) is 4.44. The number of nitrogens with zero attached hydrogens (tertiary/aromatic N) is 2. The van der Waals surface area contributed by atoms with Gasteiger partial charge in [0.2, 0.25) is 0 Å².